The Hall–Kier alpha value is -6.45. The number of carboxylic acid groups (broad SMARTS) is 1. The number of carbonyl (C=O) groups is 7. The van der Waals surface area contributed by atoms with Crippen LogP contribution in [-0.2, 0) is 35.1 Å². The van der Waals surface area contributed by atoms with Crippen molar-refractivity contribution in [3.8, 4) is 22.6 Å². The highest BCUT2D eigenvalue weighted by Gasteiger charge is 2.36. The van der Waals surface area contributed by atoms with E-state index < -0.39 is 70.9 Å². The van der Waals surface area contributed by atoms with Crippen molar-refractivity contribution in [2.45, 2.75) is 125 Å². The Morgan fingerprint density at radius 3 is 2.00 bits per heavy atom. The second-order valence-electron chi connectivity index (χ2n) is 19.1. The van der Waals surface area contributed by atoms with Crippen LogP contribution in [0.15, 0.2) is 54.6 Å². The van der Waals surface area contributed by atoms with Crippen molar-refractivity contribution in [1.29, 1.82) is 0 Å². The van der Waals surface area contributed by atoms with Crippen LogP contribution in [0.5, 0.6) is 11.5 Å². The average molecular weight is 929 g/mol. The Balaban J connectivity index is 1.86. The zero-order valence-corrected chi connectivity index (χ0v) is 40.8. The Kier molecular flexibility index (Phi) is 18.5. The maximum absolute atomic E-state index is 15.0. The van der Waals surface area contributed by atoms with Crippen molar-refractivity contribution in [1.82, 2.24) is 20.9 Å². The van der Waals surface area contributed by atoms with E-state index in [1.807, 2.05) is 32.9 Å². The fourth-order valence-corrected chi connectivity index (χ4v) is 7.67. The van der Waals surface area contributed by atoms with E-state index in [0.717, 1.165) is 11.1 Å². The molecule has 364 valence electrons. The van der Waals surface area contributed by atoms with Crippen molar-refractivity contribution < 1.29 is 57.6 Å². The smallest absolute Gasteiger partial charge is 0.407 e. The third-order valence-corrected chi connectivity index (χ3v) is 10.8. The predicted molar refractivity (Wildman–Crippen MR) is 252 cm³/mol. The standard InChI is InChI=1S/C51H68N4O12/c1-12-22-64-43-18-15-34-28-38(43)37-26-33(14-17-42(37)65-23-21-53-49(63)67-51(8,9)10)27-39(47(60)61)54-45(58)32(4)25-41(57)44(34)55(11)46(59)35(19-20-52-48(62)66-50(5,6)7)29-40(56)36-16-13-30(2)24-31(36)3/h13-18,24,26,28,32,35,39,44H,12,19-23,25,27,29H2,1-11H3,(H,52,62)(H,53,63)(H,54,58)(H,60,61)/t32-,35-,39+,44+/m1/s1. The molecule has 0 unspecified atom stereocenters. The van der Waals surface area contributed by atoms with E-state index >= 15 is 0 Å². The van der Waals surface area contributed by atoms with Crippen molar-refractivity contribution >= 4 is 41.5 Å². The molecule has 1 aliphatic heterocycles. The number of hydrogen-bond donors (Lipinski definition) is 4. The maximum Gasteiger partial charge on any atom is 0.407 e. The van der Waals surface area contributed by atoms with Crippen LogP contribution in [-0.4, -0.2) is 102 Å². The van der Waals surface area contributed by atoms with Gasteiger partial charge in [0.2, 0.25) is 11.8 Å². The van der Waals surface area contributed by atoms with E-state index in [-0.39, 0.29) is 51.2 Å². The molecular formula is C51H68N4O12. The molecule has 4 bridgehead atoms. The van der Waals surface area contributed by atoms with Crippen LogP contribution in [0.1, 0.15) is 120 Å². The average Bonchev–Trinajstić information content (AvgIpc) is 3.22. The summed E-state index contributed by atoms with van der Waals surface area (Å²) in [4.78, 5) is 96.3. The first kappa shape index (κ1) is 53.2. The summed E-state index contributed by atoms with van der Waals surface area (Å²) in [5.74, 6) is -4.63. The predicted octanol–water partition coefficient (Wildman–Crippen LogP) is 7.69. The van der Waals surface area contributed by atoms with Crippen LogP contribution in [0.25, 0.3) is 11.1 Å². The van der Waals surface area contributed by atoms with Gasteiger partial charge >= 0.3 is 18.2 Å². The number of carboxylic acids is 1. The van der Waals surface area contributed by atoms with Gasteiger partial charge in [-0.1, -0.05) is 49.7 Å². The zero-order chi connectivity index (χ0) is 49.8. The van der Waals surface area contributed by atoms with E-state index in [9.17, 15) is 38.7 Å². The van der Waals surface area contributed by atoms with Gasteiger partial charge in [-0.2, -0.15) is 0 Å². The third kappa shape index (κ3) is 15.9. The number of alkyl carbamates (subject to hydrolysis) is 2. The van der Waals surface area contributed by atoms with Gasteiger partial charge in [0, 0.05) is 61.4 Å². The second kappa shape index (κ2) is 23.3. The molecule has 0 fully saturated rings. The number of ketones is 2. The molecule has 4 N–H and O–H groups in total. The number of nitrogens with zero attached hydrogens (tertiary/aromatic N) is 1. The molecule has 0 radical (unpaired) electrons. The summed E-state index contributed by atoms with van der Waals surface area (Å²) < 4.78 is 23.3. The van der Waals surface area contributed by atoms with Gasteiger partial charge in [-0.3, -0.25) is 19.2 Å². The summed E-state index contributed by atoms with van der Waals surface area (Å²) in [6.07, 6.45) is -1.38. The molecule has 4 amide bonds. The van der Waals surface area contributed by atoms with Crippen LogP contribution < -0.4 is 25.4 Å². The van der Waals surface area contributed by atoms with Crippen LogP contribution in [0.4, 0.5) is 9.59 Å². The number of likely N-dealkylation sites (N-methyl/N-ethyl adjacent to an activating group) is 1. The molecule has 1 heterocycles. The SMILES string of the molecule is CCCOc1ccc2cc1-c1cc(ccc1OCCNC(=O)OC(C)(C)C)C[C@@H](C(=O)O)NC(=O)[C@H](C)CC(=O)[C@H]2N(C)C(=O)[C@H](CCNC(=O)OC(C)(C)C)CC(=O)c1ccc(C)cc1C. The first-order valence-electron chi connectivity index (χ1n) is 22.8. The Morgan fingerprint density at radius 1 is 0.806 bits per heavy atom. The van der Waals surface area contributed by atoms with Gasteiger partial charge in [0.1, 0.15) is 41.4 Å². The topological polar surface area (TPSA) is 216 Å². The molecule has 0 aliphatic carbocycles. The summed E-state index contributed by atoms with van der Waals surface area (Å²) in [7, 11) is 1.46. The molecular weight excluding hydrogens is 861 g/mol. The maximum atomic E-state index is 15.0. The van der Waals surface area contributed by atoms with Crippen LogP contribution >= 0.6 is 0 Å². The second-order valence-corrected chi connectivity index (χ2v) is 19.1. The lowest BCUT2D eigenvalue weighted by atomic mass is 9.88. The number of carbonyl (C=O) groups excluding carboxylic acids is 6. The largest absolute Gasteiger partial charge is 0.493 e. The van der Waals surface area contributed by atoms with E-state index in [1.165, 1.54) is 18.9 Å². The van der Waals surface area contributed by atoms with Gasteiger partial charge in [0.05, 0.1) is 13.2 Å². The highest BCUT2D eigenvalue weighted by Crippen LogP contribution is 2.41. The van der Waals surface area contributed by atoms with Crippen molar-refractivity contribution in [2.24, 2.45) is 11.8 Å². The van der Waals surface area contributed by atoms with E-state index in [0.29, 0.717) is 52.3 Å². The van der Waals surface area contributed by atoms with Crippen LogP contribution in [0.3, 0.4) is 0 Å². The van der Waals surface area contributed by atoms with Gasteiger partial charge in [-0.15, -0.1) is 0 Å². The van der Waals surface area contributed by atoms with Crippen molar-refractivity contribution in [2.75, 3.05) is 33.4 Å². The summed E-state index contributed by atoms with van der Waals surface area (Å²) in [6, 6.07) is 12.9. The van der Waals surface area contributed by atoms with E-state index in [4.69, 9.17) is 18.9 Å². The molecule has 0 saturated carbocycles. The monoisotopic (exact) mass is 928 g/mol. The van der Waals surface area contributed by atoms with Crippen molar-refractivity contribution in [3.05, 3.63) is 82.4 Å². The van der Waals surface area contributed by atoms with E-state index in [2.05, 4.69) is 16.0 Å². The number of rotatable bonds is 16. The lowest BCUT2D eigenvalue weighted by Gasteiger charge is -2.32. The minimum atomic E-state index is -1.36. The molecule has 67 heavy (non-hydrogen) atoms. The zero-order valence-electron chi connectivity index (χ0n) is 40.8. The summed E-state index contributed by atoms with van der Waals surface area (Å²) in [6.45, 7) is 18.0. The number of nitrogens with one attached hydrogen (secondary N) is 3. The number of amides is 4. The third-order valence-electron chi connectivity index (χ3n) is 10.8. The Morgan fingerprint density at radius 2 is 1.40 bits per heavy atom. The van der Waals surface area contributed by atoms with Gasteiger partial charge in [0.25, 0.3) is 0 Å². The van der Waals surface area contributed by atoms with Crippen LogP contribution in [0, 0.1) is 25.7 Å². The Labute approximate surface area is 393 Å². The molecule has 0 spiro atoms. The lowest BCUT2D eigenvalue weighted by Crippen LogP contribution is -2.46. The number of ether oxygens (including phenoxy) is 4. The molecule has 0 aromatic heterocycles. The molecule has 16 nitrogen and oxygen atoms in total. The van der Waals surface area contributed by atoms with Crippen LogP contribution in [0.2, 0.25) is 0 Å². The normalized spacial score (nSPS) is 16.9. The summed E-state index contributed by atoms with van der Waals surface area (Å²) in [5.41, 5.74) is 2.46. The van der Waals surface area contributed by atoms with Gasteiger partial charge in [-0.05, 0) is 109 Å². The molecule has 16 heteroatoms. The van der Waals surface area contributed by atoms with Crippen molar-refractivity contribution in [3.63, 3.8) is 0 Å². The highest BCUT2D eigenvalue weighted by molar-refractivity contribution is 6.01. The number of benzene rings is 3. The highest BCUT2D eigenvalue weighted by atomic mass is 16.6. The van der Waals surface area contributed by atoms with Gasteiger partial charge < -0.3 is 44.9 Å². The van der Waals surface area contributed by atoms with E-state index in [1.54, 1.807) is 84.0 Å². The molecule has 4 atom stereocenters. The Bertz CT molecular complexity index is 2300. The number of Topliss-reactive ketones (excluding diaryl/α,β-unsaturated/α-hetero) is 2. The summed E-state index contributed by atoms with van der Waals surface area (Å²) >= 11 is 0. The van der Waals surface area contributed by atoms with Gasteiger partial charge in [0.15, 0.2) is 11.6 Å². The molecule has 3 aromatic rings. The number of aliphatic carboxylic acids is 1. The molecule has 1 aliphatic rings. The number of fused-ring (bicyclic) bond motifs is 5. The fraction of sp³-hybridized carbons (Fsp3) is 0.510. The lowest BCUT2D eigenvalue weighted by molar-refractivity contribution is -0.144. The van der Waals surface area contributed by atoms with Gasteiger partial charge in [-0.25, -0.2) is 14.4 Å². The molecule has 4 rings (SSSR count). The quantitative estimate of drug-likeness (QED) is 0.0804. The number of aryl methyl sites for hydroxylation is 2. The summed E-state index contributed by atoms with van der Waals surface area (Å²) in [5, 5.41) is 18.2. The number of hydrogen-bond acceptors (Lipinski definition) is 11. The molecule has 3 aromatic carbocycles. The minimum absolute atomic E-state index is 0.00544. The minimum Gasteiger partial charge on any atom is -0.493 e. The first-order chi connectivity index (χ1) is 31.4. The first-order valence-corrected chi connectivity index (χ1v) is 22.8. The molecule has 0 saturated heterocycles. The fourth-order valence-electron chi connectivity index (χ4n) is 7.67.